The smallest absolute Gasteiger partial charge is 0.243 e. The van der Waals surface area contributed by atoms with Crippen molar-refractivity contribution >= 4 is 21.6 Å². The number of anilines is 1. The van der Waals surface area contributed by atoms with Crippen molar-refractivity contribution < 1.29 is 17.6 Å². The normalized spacial score (nSPS) is 15.2. The van der Waals surface area contributed by atoms with E-state index in [9.17, 15) is 17.6 Å². The summed E-state index contributed by atoms with van der Waals surface area (Å²) in [5.74, 6) is -0.608. The fourth-order valence-electron chi connectivity index (χ4n) is 3.85. The molecule has 176 valence electrons. The highest BCUT2D eigenvalue weighted by Crippen LogP contribution is 2.20. The molecule has 7 nitrogen and oxygen atoms in total. The number of rotatable bonds is 9. The first-order valence-corrected chi connectivity index (χ1v) is 12.5. The van der Waals surface area contributed by atoms with E-state index in [2.05, 4.69) is 6.92 Å². The second kappa shape index (κ2) is 11.4. The van der Waals surface area contributed by atoms with Crippen molar-refractivity contribution in [3.05, 3.63) is 59.9 Å². The van der Waals surface area contributed by atoms with Crippen LogP contribution in [0.1, 0.15) is 25.3 Å². The summed E-state index contributed by atoms with van der Waals surface area (Å²) in [7, 11) is -3.58. The highest BCUT2D eigenvalue weighted by atomic mass is 32.2. The van der Waals surface area contributed by atoms with E-state index in [0.717, 1.165) is 18.4 Å². The molecule has 1 aliphatic heterocycles. The van der Waals surface area contributed by atoms with Gasteiger partial charge in [-0.05, 0) is 48.4 Å². The molecule has 33 heavy (non-hydrogen) atoms. The van der Waals surface area contributed by atoms with Gasteiger partial charge in [-0.25, -0.2) is 12.8 Å². The molecule has 3 rings (SSSR count). The third kappa shape index (κ3) is 6.38. The van der Waals surface area contributed by atoms with Crippen LogP contribution in [-0.2, 0) is 21.2 Å². The SMILES string of the molecule is CCCc1ccc(S(=O)(=O)N2CCN(CC(=O)N(CCC#N)c3ccc(F)cc3)CC2)cc1. The van der Waals surface area contributed by atoms with E-state index in [4.69, 9.17) is 5.26 Å². The Kier molecular flexibility index (Phi) is 8.55. The first kappa shape index (κ1) is 24.8. The number of benzene rings is 2. The minimum absolute atomic E-state index is 0.0996. The van der Waals surface area contributed by atoms with Crippen LogP contribution in [-0.4, -0.2) is 62.8 Å². The number of carbonyl (C=O) groups is 1. The van der Waals surface area contributed by atoms with Crippen LogP contribution in [0.15, 0.2) is 53.4 Å². The van der Waals surface area contributed by atoms with Crippen LogP contribution in [0, 0.1) is 17.1 Å². The molecule has 1 saturated heterocycles. The van der Waals surface area contributed by atoms with Gasteiger partial charge in [-0.3, -0.25) is 9.69 Å². The quantitative estimate of drug-likeness (QED) is 0.560. The van der Waals surface area contributed by atoms with Gasteiger partial charge >= 0.3 is 0 Å². The van der Waals surface area contributed by atoms with Gasteiger partial charge in [0.15, 0.2) is 0 Å². The van der Waals surface area contributed by atoms with E-state index in [1.807, 2.05) is 23.1 Å². The third-order valence-electron chi connectivity index (χ3n) is 5.68. The second-order valence-electron chi connectivity index (χ2n) is 8.00. The zero-order valence-corrected chi connectivity index (χ0v) is 19.6. The minimum atomic E-state index is -3.58. The van der Waals surface area contributed by atoms with E-state index in [-0.39, 0.29) is 30.3 Å². The summed E-state index contributed by atoms with van der Waals surface area (Å²) in [4.78, 5) is 16.6. The summed E-state index contributed by atoms with van der Waals surface area (Å²) < 4.78 is 40.7. The largest absolute Gasteiger partial charge is 0.310 e. The molecular weight excluding hydrogens is 443 g/mol. The second-order valence-corrected chi connectivity index (χ2v) is 9.94. The van der Waals surface area contributed by atoms with Crippen LogP contribution in [0.25, 0.3) is 0 Å². The summed E-state index contributed by atoms with van der Waals surface area (Å²) in [6.07, 6.45) is 2.07. The Hall–Kier alpha value is -2.80. The number of amides is 1. The van der Waals surface area contributed by atoms with E-state index in [1.165, 1.54) is 33.5 Å². The van der Waals surface area contributed by atoms with Crippen LogP contribution in [0.5, 0.6) is 0 Å². The number of halogens is 1. The van der Waals surface area contributed by atoms with E-state index in [0.29, 0.717) is 31.9 Å². The molecule has 0 saturated carbocycles. The fourth-order valence-corrected chi connectivity index (χ4v) is 5.27. The van der Waals surface area contributed by atoms with Crippen molar-refractivity contribution in [3.8, 4) is 6.07 Å². The zero-order chi connectivity index (χ0) is 23.8. The number of nitrogens with zero attached hydrogens (tertiary/aromatic N) is 4. The lowest BCUT2D eigenvalue weighted by molar-refractivity contribution is -0.120. The van der Waals surface area contributed by atoms with Gasteiger partial charge in [0.25, 0.3) is 0 Å². The Balaban J connectivity index is 1.60. The van der Waals surface area contributed by atoms with Crippen LogP contribution < -0.4 is 4.90 Å². The summed E-state index contributed by atoms with van der Waals surface area (Å²) in [5.41, 5.74) is 1.64. The van der Waals surface area contributed by atoms with E-state index >= 15 is 0 Å². The third-order valence-corrected chi connectivity index (χ3v) is 7.59. The van der Waals surface area contributed by atoms with Gasteiger partial charge in [0, 0.05) is 38.4 Å². The molecule has 1 aliphatic rings. The van der Waals surface area contributed by atoms with Gasteiger partial charge in [0.05, 0.1) is 23.9 Å². The number of piperazine rings is 1. The Bertz CT molecular complexity index is 1070. The maximum Gasteiger partial charge on any atom is 0.243 e. The average molecular weight is 473 g/mol. The number of nitriles is 1. The summed E-state index contributed by atoms with van der Waals surface area (Å²) in [6.45, 7) is 3.83. The van der Waals surface area contributed by atoms with Crippen molar-refractivity contribution in [3.63, 3.8) is 0 Å². The predicted molar refractivity (Wildman–Crippen MR) is 125 cm³/mol. The molecule has 1 amide bonds. The summed E-state index contributed by atoms with van der Waals surface area (Å²) in [5, 5.41) is 8.93. The molecule has 0 atom stereocenters. The fraction of sp³-hybridized carbons (Fsp3) is 0.417. The van der Waals surface area contributed by atoms with Gasteiger partial charge < -0.3 is 4.90 Å². The number of hydrogen-bond donors (Lipinski definition) is 0. The lowest BCUT2D eigenvalue weighted by Crippen LogP contribution is -2.51. The molecule has 0 bridgehead atoms. The Morgan fingerprint density at radius 2 is 1.70 bits per heavy atom. The molecule has 0 aromatic heterocycles. The van der Waals surface area contributed by atoms with E-state index in [1.54, 1.807) is 12.1 Å². The number of sulfonamides is 1. The number of hydrogen-bond acceptors (Lipinski definition) is 5. The predicted octanol–water partition coefficient (Wildman–Crippen LogP) is 3.03. The number of aryl methyl sites for hydroxylation is 1. The zero-order valence-electron chi connectivity index (χ0n) is 18.8. The molecule has 0 aliphatic carbocycles. The molecule has 0 unspecified atom stereocenters. The van der Waals surface area contributed by atoms with Gasteiger partial charge in [-0.2, -0.15) is 9.57 Å². The monoisotopic (exact) mass is 472 g/mol. The lowest BCUT2D eigenvalue weighted by atomic mass is 10.1. The molecule has 0 N–H and O–H groups in total. The number of carbonyl (C=O) groups excluding carboxylic acids is 1. The maximum absolute atomic E-state index is 13.3. The van der Waals surface area contributed by atoms with Crippen molar-refractivity contribution in [2.45, 2.75) is 31.1 Å². The van der Waals surface area contributed by atoms with Gasteiger partial charge in [0.2, 0.25) is 15.9 Å². The molecular formula is C24H29FN4O3S. The van der Waals surface area contributed by atoms with Crippen LogP contribution in [0.3, 0.4) is 0 Å². The van der Waals surface area contributed by atoms with Crippen LogP contribution in [0.4, 0.5) is 10.1 Å². The average Bonchev–Trinajstić information content (AvgIpc) is 2.81. The highest BCUT2D eigenvalue weighted by Gasteiger charge is 2.30. The van der Waals surface area contributed by atoms with Gasteiger partial charge in [-0.15, -0.1) is 0 Å². The lowest BCUT2D eigenvalue weighted by Gasteiger charge is -2.34. The summed E-state index contributed by atoms with van der Waals surface area (Å²) in [6, 6.07) is 14.7. The van der Waals surface area contributed by atoms with Crippen molar-refractivity contribution in [2.75, 3.05) is 44.2 Å². The Morgan fingerprint density at radius 3 is 2.27 bits per heavy atom. The van der Waals surface area contributed by atoms with Crippen molar-refractivity contribution in [2.24, 2.45) is 0 Å². The standard InChI is InChI=1S/C24H29FN4O3S/c1-2-4-20-5-11-23(12-6-20)33(31,32)28-17-15-27(16-18-28)19-24(30)29(14-3-13-26)22-9-7-21(25)8-10-22/h5-12H,2-4,14-19H2,1H3. The molecule has 2 aromatic rings. The van der Waals surface area contributed by atoms with Crippen molar-refractivity contribution in [1.29, 1.82) is 5.26 Å². The first-order valence-electron chi connectivity index (χ1n) is 11.1. The van der Waals surface area contributed by atoms with E-state index < -0.39 is 15.8 Å². The Morgan fingerprint density at radius 1 is 1.06 bits per heavy atom. The minimum Gasteiger partial charge on any atom is -0.310 e. The molecule has 0 spiro atoms. The molecule has 1 heterocycles. The van der Waals surface area contributed by atoms with Gasteiger partial charge in [-0.1, -0.05) is 25.5 Å². The topological polar surface area (TPSA) is 84.7 Å². The molecule has 0 radical (unpaired) electrons. The summed E-state index contributed by atoms with van der Waals surface area (Å²) >= 11 is 0. The molecule has 1 fully saturated rings. The maximum atomic E-state index is 13.3. The molecule has 9 heteroatoms. The molecule has 2 aromatic carbocycles. The van der Waals surface area contributed by atoms with Crippen LogP contribution >= 0.6 is 0 Å². The van der Waals surface area contributed by atoms with Crippen molar-refractivity contribution in [1.82, 2.24) is 9.21 Å². The van der Waals surface area contributed by atoms with Crippen LogP contribution in [0.2, 0.25) is 0 Å². The van der Waals surface area contributed by atoms with Gasteiger partial charge in [0.1, 0.15) is 5.82 Å². The first-order chi connectivity index (χ1) is 15.8. The Labute approximate surface area is 195 Å². The highest BCUT2D eigenvalue weighted by molar-refractivity contribution is 7.89.